The fraction of sp³-hybridized carbons (Fsp3) is 0.846. The van der Waals surface area contributed by atoms with Gasteiger partial charge < -0.3 is 5.32 Å². The zero-order valence-corrected chi connectivity index (χ0v) is 11.2. The summed E-state index contributed by atoms with van der Waals surface area (Å²) in [6.45, 7) is 7.63. The number of imide groups is 1. The average Bonchev–Trinajstić information content (AvgIpc) is 2.54. The Morgan fingerprint density at radius 3 is 2.59 bits per heavy atom. The summed E-state index contributed by atoms with van der Waals surface area (Å²) in [7, 11) is 0. The first kappa shape index (κ1) is 14.2. The fourth-order valence-electron chi connectivity index (χ4n) is 2.32. The van der Waals surface area contributed by atoms with Crippen LogP contribution >= 0.6 is 0 Å². The summed E-state index contributed by atoms with van der Waals surface area (Å²) in [5.41, 5.74) is 0. The Bertz CT molecular complexity index is 279. The molecule has 0 aromatic rings. The first-order valence-electron chi connectivity index (χ1n) is 6.67. The summed E-state index contributed by atoms with van der Waals surface area (Å²) in [5, 5.41) is 3.40. The van der Waals surface area contributed by atoms with Crippen molar-refractivity contribution in [1.82, 2.24) is 10.2 Å². The third-order valence-corrected chi connectivity index (χ3v) is 3.39. The van der Waals surface area contributed by atoms with Crippen LogP contribution in [0.4, 0.5) is 0 Å². The van der Waals surface area contributed by atoms with Gasteiger partial charge in [-0.05, 0) is 25.8 Å². The lowest BCUT2D eigenvalue weighted by atomic mass is 10.1. The van der Waals surface area contributed by atoms with E-state index in [4.69, 9.17) is 0 Å². The monoisotopic (exact) mass is 240 g/mol. The minimum Gasteiger partial charge on any atom is -0.314 e. The van der Waals surface area contributed by atoms with Crippen LogP contribution in [0.25, 0.3) is 0 Å². The molecule has 4 heteroatoms. The van der Waals surface area contributed by atoms with Gasteiger partial charge in [-0.25, -0.2) is 0 Å². The van der Waals surface area contributed by atoms with Gasteiger partial charge in [-0.2, -0.15) is 0 Å². The van der Waals surface area contributed by atoms with Gasteiger partial charge in [-0.3, -0.25) is 14.5 Å². The second-order valence-electron chi connectivity index (χ2n) is 4.79. The number of likely N-dealkylation sites (tertiary alicyclic amines) is 1. The quantitative estimate of drug-likeness (QED) is 0.687. The van der Waals surface area contributed by atoms with Crippen molar-refractivity contribution in [2.24, 2.45) is 5.92 Å². The highest BCUT2D eigenvalue weighted by Gasteiger charge is 2.34. The SMILES string of the molecule is CCNC(CC)CCCN1C(=O)CC(C)C1=O. The molecule has 1 aliphatic heterocycles. The molecular formula is C13H24N2O2. The van der Waals surface area contributed by atoms with E-state index < -0.39 is 0 Å². The number of hydrogen-bond acceptors (Lipinski definition) is 3. The molecule has 1 aliphatic rings. The van der Waals surface area contributed by atoms with Crippen LogP contribution in [0.1, 0.15) is 46.5 Å². The topological polar surface area (TPSA) is 49.4 Å². The van der Waals surface area contributed by atoms with E-state index in [-0.39, 0.29) is 17.7 Å². The van der Waals surface area contributed by atoms with Crippen molar-refractivity contribution in [2.75, 3.05) is 13.1 Å². The van der Waals surface area contributed by atoms with Crippen LogP contribution in [0.15, 0.2) is 0 Å². The zero-order valence-electron chi connectivity index (χ0n) is 11.2. The van der Waals surface area contributed by atoms with Crippen molar-refractivity contribution in [1.29, 1.82) is 0 Å². The standard InChI is InChI=1S/C13H24N2O2/c1-4-11(14-5-2)7-6-8-15-12(16)9-10(3)13(15)17/h10-11,14H,4-9H2,1-3H3. The first-order valence-corrected chi connectivity index (χ1v) is 6.67. The van der Waals surface area contributed by atoms with E-state index in [0.717, 1.165) is 25.8 Å². The van der Waals surface area contributed by atoms with Gasteiger partial charge in [0.15, 0.2) is 0 Å². The molecule has 2 amide bonds. The normalized spacial score (nSPS) is 22.3. The maximum Gasteiger partial charge on any atom is 0.232 e. The Hall–Kier alpha value is -0.900. The van der Waals surface area contributed by atoms with Crippen LogP contribution in [0.3, 0.4) is 0 Å². The van der Waals surface area contributed by atoms with E-state index >= 15 is 0 Å². The molecule has 4 nitrogen and oxygen atoms in total. The second-order valence-corrected chi connectivity index (χ2v) is 4.79. The fourth-order valence-corrected chi connectivity index (χ4v) is 2.32. The molecule has 0 saturated carbocycles. The Kier molecular flexibility index (Phi) is 5.62. The number of nitrogens with zero attached hydrogens (tertiary/aromatic N) is 1. The van der Waals surface area contributed by atoms with Gasteiger partial charge in [0.25, 0.3) is 0 Å². The molecule has 1 saturated heterocycles. The number of hydrogen-bond donors (Lipinski definition) is 1. The lowest BCUT2D eigenvalue weighted by Crippen LogP contribution is -2.33. The van der Waals surface area contributed by atoms with Crippen molar-refractivity contribution in [3.05, 3.63) is 0 Å². The van der Waals surface area contributed by atoms with Crippen molar-refractivity contribution in [2.45, 2.75) is 52.5 Å². The second kappa shape index (κ2) is 6.74. The van der Waals surface area contributed by atoms with E-state index in [2.05, 4.69) is 19.2 Å². The first-order chi connectivity index (χ1) is 8.10. The predicted octanol–water partition coefficient (Wildman–Crippen LogP) is 1.55. The largest absolute Gasteiger partial charge is 0.314 e. The van der Waals surface area contributed by atoms with Crippen LogP contribution in [0.5, 0.6) is 0 Å². The Morgan fingerprint density at radius 2 is 2.12 bits per heavy atom. The molecule has 0 bridgehead atoms. The Balaban J connectivity index is 2.31. The van der Waals surface area contributed by atoms with Crippen LogP contribution in [0, 0.1) is 5.92 Å². The molecule has 0 aromatic heterocycles. The molecule has 0 spiro atoms. The van der Waals surface area contributed by atoms with E-state index in [9.17, 15) is 9.59 Å². The third-order valence-electron chi connectivity index (χ3n) is 3.39. The molecule has 1 fully saturated rings. The van der Waals surface area contributed by atoms with E-state index in [1.54, 1.807) is 0 Å². The van der Waals surface area contributed by atoms with Crippen molar-refractivity contribution in [3.63, 3.8) is 0 Å². The summed E-state index contributed by atoms with van der Waals surface area (Å²) >= 11 is 0. The smallest absolute Gasteiger partial charge is 0.232 e. The van der Waals surface area contributed by atoms with Gasteiger partial charge in [0.2, 0.25) is 11.8 Å². The summed E-state index contributed by atoms with van der Waals surface area (Å²) in [5.74, 6) is -0.108. The molecule has 2 unspecified atom stereocenters. The lowest BCUT2D eigenvalue weighted by Gasteiger charge is -2.18. The van der Waals surface area contributed by atoms with Gasteiger partial charge in [0.05, 0.1) is 0 Å². The van der Waals surface area contributed by atoms with Gasteiger partial charge in [-0.15, -0.1) is 0 Å². The van der Waals surface area contributed by atoms with E-state index in [1.165, 1.54) is 4.90 Å². The van der Waals surface area contributed by atoms with Gasteiger partial charge in [-0.1, -0.05) is 20.8 Å². The van der Waals surface area contributed by atoms with Gasteiger partial charge in [0.1, 0.15) is 0 Å². The van der Waals surface area contributed by atoms with Crippen LogP contribution < -0.4 is 5.32 Å². The minimum absolute atomic E-state index is 0.000927. The summed E-state index contributed by atoms with van der Waals surface area (Å²) in [4.78, 5) is 24.7. The molecule has 17 heavy (non-hydrogen) atoms. The highest BCUT2D eigenvalue weighted by atomic mass is 16.2. The molecule has 1 N–H and O–H groups in total. The highest BCUT2D eigenvalue weighted by molar-refractivity contribution is 6.03. The molecule has 0 aromatic carbocycles. The number of nitrogens with one attached hydrogen (secondary N) is 1. The Morgan fingerprint density at radius 1 is 1.41 bits per heavy atom. The van der Waals surface area contributed by atoms with Crippen LogP contribution in [-0.2, 0) is 9.59 Å². The average molecular weight is 240 g/mol. The van der Waals surface area contributed by atoms with Crippen molar-refractivity contribution in [3.8, 4) is 0 Å². The molecule has 2 atom stereocenters. The number of amides is 2. The molecule has 1 rings (SSSR count). The maximum atomic E-state index is 11.7. The zero-order chi connectivity index (χ0) is 12.8. The molecule has 98 valence electrons. The maximum absolute atomic E-state index is 11.7. The van der Waals surface area contributed by atoms with Crippen LogP contribution in [-0.4, -0.2) is 35.8 Å². The number of rotatable bonds is 7. The van der Waals surface area contributed by atoms with Crippen molar-refractivity contribution < 1.29 is 9.59 Å². The Labute approximate surface area is 104 Å². The van der Waals surface area contributed by atoms with Gasteiger partial charge >= 0.3 is 0 Å². The predicted molar refractivity (Wildman–Crippen MR) is 67.5 cm³/mol. The summed E-state index contributed by atoms with van der Waals surface area (Å²) < 4.78 is 0. The van der Waals surface area contributed by atoms with E-state index in [1.807, 2.05) is 6.92 Å². The van der Waals surface area contributed by atoms with Crippen LogP contribution in [0.2, 0.25) is 0 Å². The van der Waals surface area contributed by atoms with Crippen molar-refractivity contribution >= 4 is 11.8 Å². The molecule has 0 aliphatic carbocycles. The van der Waals surface area contributed by atoms with E-state index in [0.29, 0.717) is 19.0 Å². The minimum atomic E-state index is -0.113. The third kappa shape index (κ3) is 3.80. The number of carbonyl (C=O) groups excluding carboxylic acids is 2. The lowest BCUT2D eigenvalue weighted by molar-refractivity contribution is -0.139. The number of carbonyl (C=O) groups is 2. The summed E-state index contributed by atoms with van der Waals surface area (Å²) in [6.07, 6.45) is 3.40. The summed E-state index contributed by atoms with van der Waals surface area (Å²) in [6, 6.07) is 0.505. The van der Waals surface area contributed by atoms with Gasteiger partial charge in [0, 0.05) is 24.9 Å². The molecule has 1 heterocycles. The highest BCUT2D eigenvalue weighted by Crippen LogP contribution is 2.19. The molecule has 0 radical (unpaired) electrons. The molecular weight excluding hydrogens is 216 g/mol.